The Bertz CT molecular complexity index is 1660. The largest absolute Gasteiger partial charge is 0.481 e. The standard InChI is InChI=1S/C25H20N6O2S/c26-25-27-12-19-24(29-25)18(13-31(19)7-3-6-22(32)33)15-8-16-11-28-30-23(16)17(9-15)21-10-14-4-1-2-5-20(14)34-21/h1-2,4-5,8-13H,3,6-7H2,(H,28,30)(H,32,33)(H2,26,27,29). The van der Waals surface area contributed by atoms with E-state index in [1.807, 2.05) is 29.1 Å². The lowest BCUT2D eigenvalue weighted by Crippen LogP contribution is -2.01. The number of carboxylic acid groups (broad SMARTS) is 1. The van der Waals surface area contributed by atoms with Crippen LogP contribution in [0.1, 0.15) is 12.8 Å². The molecule has 4 aromatic heterocycles. The van der Waals surface area contributed by atoms with Gasteiger partial charge in [0.1, 0.15) is 5.52 Å². The van der Waals surface area contributed by atoms with E-state index in [0.717, 1.165) is 43.5 Å². The normalized spacial score (nSPS) is 11.6. The van der Waals surface area contributed by atoms with Crippen molar-refractivity contribution in [3.8, 4) is 21.6 Å². The van der Waals surface area contributed by atoms with Gasteiger partial charge in [0.15, 0.2) is 0 Å². The first-order chi connectivity index (χ1) is 16.6. The van der Waals surface area contributed by atoms with Crippen molar-refractivity contribution in [2.75, 3.05) is 5.73 Å². The van der Waals surface area contributed by atoms with Crippen molar-refractivity contribution < 1.29 is 9.90 Å². The molecule has 168 valence electrons. The van der Waals surface area contributed by atoms with Crippen LogP contribution in [-0.4, -0.2) is 35.8 Å². The number of aryl methyl sites for hydroxylation is 1. The topological polar surface area (TPSA) is 123 Å². The van der Waals surface area contributed by atoms with Gasteiger partial charge in [-0.05, 0) is 41.6 Å². The van der Waals surface area contributed by atoms with Gasteiger partial charge in [0.2, 0.25) is 5.95 Å². The second kappa shape index (κ2) is 7.96. The minimum atomic E-state index is -0.810. The number of anilines is 1. The molecule has 0 atom stereocenters. The van der Waals surface area contributed by atoms with E-state index in [1.165, 1.54) is 10.1 Å². The van der Waals surface area contributed by atoms with Crippen molar-refractivity contribution >= 4 is 55.3 Å². The summed E-state index contributed by atoms with van der Waals surface area (Å²) >= 11 is 1.74. The summed E-state index contributed by atoms with van der Waals surface area (Å²) in [5, 5.41) is 18.7. The molecular formula is C25H20N6O2S. The summed E-state index contributed by atoms with van der Waals surface area (Å²) in [6.07, 6.45) is 6.14. The molecule has 0 aliphatic rings. The van der Waals surface area contributed by atoms with Crippen molar-refractivity contribution in [1.29, 1.82) is 0 Å². The van der Waals surface area contributed by atoms with Crippen molar-refractivity contribution in [1.82, 2.24) is 24.7 Å². The molecule has 9 heteroatoms. The third-order valence-electron chi connectivity index (χ3n) is 5.98. The Morgan fingerprint density at radius 3 is 2.85 bits per heavy atom. The first-order valence-corrected chi connectivity index (χ1v) is 11.7. The molecule has 0 spiro atoms. The number of nitrogens with one attached hydrogen (secondary N) is 1. The number of aromatic amines is 1. The molecule has 0 unspecified atom stereocenters. The molecule has 8 nitrogen and oxygen atoms in total. The number of aromatic nitrogens is 5. The van der Waals surface area contributed by atoms with Gasteiger partial charge in [-0.15, -0.1) is 11.3 Å². The fourth-order valence-electron chi connectivity index (χ4n) is 4.40. The smallest absolute Gasteiger partial charge is 0.303 e. The molecule has 4 heterocycles. The maximum Gasteiger partial charge on any atom is 0.303 e. The minimum Gasteiger partial charge on any atom is -0.481 e. The molecule has 0 amide bonds. The van der Waals surface area contributed by atoms with Crippen molar-refractivity contribution in [2.45, 2.75) is 19.4 Å². The van der Waals surface area contributed by atoms with Gasteiger partial charge < -0.3 is 15.4 Å². The van der Waals surface area contributed by atoms with Gasteiger partial charge in [0.05, 0.1) is 23.4 Å². The molecule has 2 aromatic carbocycles. The van der Waals surface area contributed by atoms with Crippen LogP contribution in [0.3, 0.4) is 0 Å². The van der Waals surface area contributed by atoms with Gasteiger partial charge in [-0.3, -0.25) is 9.89 Å². The molecule has 0 fully saturated rings. The first-order valence-electron chi connectivity index (χ1n) is 10.9. The molecule has 6 aromatic rings. The summed E-state index contributed by atoms with van der Waals surface area (Å²) in [5.41, 5.74) is 11.5. The summed E-state index contributed by atoms with van der Waals surface area (Å²) in [6, 6.07) is 14.8. The highest BCUT2D eigenvalue weighted by atomic mass is 32.1. The lowest BCUT2D eigenvalue weighted by atomic mass is 10.0. The third-order valence-corrected chi connectivity index (χ3v) is 7.13. The number of thiophene rings is 1. The third kappa shape index (κ3) is 3.46. The SMILES string of the molecule is Nc1ncc2c(n1)c(-c1cc(-c3cc4ccccc4s3)c3[nH]ncc3c1)cn2CCCC(=O)O. The number of hydrogen-bond acceptors (Lipinski definition) is 6. The van der Waals surface area contributed by atoms with Crippen molar-refractivity contribution in [2.24, 2.45) is 0 Å². The number of hydrogen-bond donors (Lipinski definition) is 3. The zero-order chi connectivity index (χ0) is 23.2. The summed E-state index contributed by atoms with van der Waals surface area (Å²) in [7, 11) is 0. The molecule has 6 rings (SSSR count). The predicted octanol–water partition coefficient (Wildman–Crippen LogP) is 5.30. The summed E-state index contributed by atoms with van der Waals surface area (Å²) in [4.78, 5) is 20.8. The summed E-state index contributed by atoms with van der Waals surface area (Å²) in [5.74, 6) is -0.610. The van der Waals surface area contributed by atoms with E-state index in [2.05, 4.69) is 50.5 Å². The second-order valence-corrected chi connectivity index (χ2v) is 9.29. The molecule has 34 heavy (non-hydrogen) atoms. The number of nitrogens with zero attached hydrogens (tertiary/aromatic N) is 4. The average molecular weight is 469 g/mol. The maximum absolute atomic E-state index is 11.0. The van der Waals surface area contributed by atoms with E-state index >= 15 is 0 Å². The number of aliphatic carboxylic acids is 1. The van der Waals surface area contributed by atoms with Crippen LogP contribution in [0.25, 0.3) is 53.6 Å². The van der Waals surface area contributed by atoms with Crippen molar-refractivity contribution in [3.63, 3.8) is 0 Å². The van der Waals surface area contributed by atoms with Crippen LogP contribution in [0.5, 0.6) is 0 Å². The monoisotopic (exact) mass is 468 g/mol. The Morgan fingerprint density at radius 2 is 2.00 bits per heavy atom. The van der Waals surface area contributed by atoms with Crippen LogP contribution in [0.4, 0.5) is 5.95 Å². The number of nitrogens with two attached hydrogens (primary N) is 1. The molecule has 0 radical (unpaired) electrons. The van der Waals surface area contributed by atoms with Crippen molar-refractivity contribution in [3.05, 3.63) is 61.1 Å². The van der Waals surface area contributed by atoms with E-state index in [-0.39, 0.29) is 12.4 Å². The van der Waals surface area contributed by atoms with E-state index in [9.17, 15) is 4.79 Å². The van der Waals surface area contributed by atoms with Gasteiger partial charge in [-0.1, -0.05) is 18.2 Å². The highest BCUT2D eigenvalue weighted by Crippen LogP contribution is 2.40. The minimum absolute atomic E-state index is 0.0991. The van der Waals surface area contributed by atoms with Crippen LogP contribution < -0.4 is 5.73 Å². The number of fused-ring (bicyclic) bond motifs is 3. The zero-order valence-corrected chi connectivity index (χ0v) is 18.8. The van der Waals surface area contributed by atoms with E-state index in [1.54, 1.807) is 17.5 Å². The van der Waals surface area contributed by atoms with Gasteiger partial charge >= 0.3 is 5.97 Å². The molecule has 0 bridgehead atoms. The number of carboxylic acids is 1. The van der Waals surface area contributed by atoms with Crippen LogP contribution >= 0.6 is 11.3 Å². The molecular weight excluding hydrogens is 448 g/mol. The first kappa shape index (κ1) is 20.4. The Kier molecular flexibility index (Phi) is 4.77. The van der Waals surface area contributed by atoms with E-state index in [4.69, 9.17) is 10.8 Å². The predicted molar refractivity (Wildman–Crippen MR) is 135 cm³/mol. The Labute approximate surface area is 197 Å². The van der Waals surface area contributed by atoms with Gasteiger partial charge in [-0.25, -0.2) is 9.97 Å². The number of carbonyl (C=O) groups is 1. The number of H-pyrrole nitrogens is 1. The fourth-order valence-corrected chi connectivity index (χ4v) is 5.49. The quantitative estimate of drug-likeness (QED) is 0.305. The average Bonchev–Trinajstić information content (AvgIpc) is 3.54. The van der Waals surface area contributed by atoms with Crippen LogP contribution in [0.2, 0.25) is 0 Å². The maximum atomic E-state index is 11.0. The van der Waals surface area contributed by atoms with E-state index < -0.39 is 5.97 Å². The lowest BCUT2D eigenvalue weighted by molar-refractivity contribution is -0.137. The van der Waals surface area contributed by atoms with E-state index in [0.29, 0.717) is 13.0 Å². The van der Waals surface area contributed by atoms with Crippen LogP contribution in [0.15, 0.2) is 61.1 Å². The highest BCUT2D eigenvalue weighted by Gasteiger charge is 2.17. The fraction of sp³-hybridized carbons (Fsp3) is 0.120. The van der Waals surface area contributed by atoms with Gasteiger partial charge in [0.25, 0.3) is 0 Å². The highest BCUT2D eigenvalue weighted by molar-refractivity contribution is 7.22. The molecule has 0 aliphatic carbocycles. The second-order valence-electron chi connectivity index (χ2n) is 8.20. The Hall–Kier alpha value is -4.24. The number of benzene rings is 2. The van der Waals surface area contributed by atoms with Crippen LogP contribution in [-0.2, 0) is 11.3 Å². The summed E-state index contributed by atoms with van der Waals surface area (Å²) in [6.45, 7) is 0.549. The van der Waals surface area contributed by atoms with Gasteiger partial charge in [-0.2, -0.15) is 5.10 Å². The lowest BCUT2D eigenvalue weighted by Gasteiger charge is -2.06. The summed E-state index contributed by atoms with van der Waals surface area (Å²) < 4.78 is 3.23. The Morgan fingerprint density at radius 1 is 1.12 bits per heavy atom. The van der Waals surface area contributed by atoms with Gasteiger partial charge in [0, 0.05) is 45.3 Å². The molecule has 0 saturated carbocycles. The Balaban J connectivity index is 1.53. The number of rotatable bonds is 6. The molecule has 0 saturated heterocycles. The zero-order valence-electron chi connectivity index (χ0n) is 18.0. The molecule has 4 N–H and O–H groups in total. The number of nitrogen functional groups attached to an aromatic ring is 1. The molecule has 0 aliphatic heterocycles. The van der Waals surface area contributed by atoms with Crippen LogP contribution in [0, 0.1) is 0 Å².